The number of nitrogens with zero attached hydrogens (tertiary/aromatic N) is 1. The Morgan fingerprint density at radius 3 is 2.30 bits per heavy atom. The summed E-state index contributed by atoms with van der Waals surface area (Å²) in [6.07, 6.45) is 2.71. The second kappa shape index (κ2) is 8.08. The first kappa shape index (κ1) is 17.4. The van der Waals surface area contributed by atoms with E-state index in [-0.39, 0.29) is 0 Å². The molecule has 0 amide bonds. The van der Waals surface area contributed by atoms with Crippen LogP contribution in [0.25, 0.3) is 0 Å². The molecule has 0 aliphatic carbocycles. The largest absolute Gasteiger partial charge is 0.254 e. The Hall–Kier alpha value is -1.92. The van der Waals surface area contributed by atoms with Gasteiger partial charge in [-0.05, 0) is 31.0 Å². The van der Waals surface area contributed by atoms with Gasteiger partial charge in [0.25, 0.3) is 0 Å². The molecule has 0 radical (unpaired) electrons. The van der Waals surface area contributed by atoms with Crippen molar-refractivity contribution in [1.29, 1.82) is 5.26 Å². The molecule has 0 fully saturated rings. The highest BCUT2D eigenvalue weighted by atomic mass is 32.2. The molecular weight excluding hydrogens is 302 g/mol. The van der Waals surface area contributed by atoms with Crippen molar-refractivity contribution in [3.05, 3.63) is 65.7 Å². The Kier molecular flexibility index (Phi) is 6.12. The third-order valence-electron chi connectivity index (χ3n) is 4.16. The smallest absolute Gasteiger partial charge is 0.0940 e. The average molecular weight is 325 g/mol. The molecule has 120 valence electrons. The highest BCUT2D eigenvalue weighted by Gasteiger charge is 2.34. The van der Waals surface area contributed by atoms with E-state index in [2.05, 4.69) is 13.0 Å². The zero-order valence-electron chi connectivity index (χ0n) is 13.8. The van der Waals surface area contributed by atoms with Crippen LogP contribution in [-0.4, -0.2) is 9.96 Å². The summed E-state index contributed by atoms with van der Waals surface area (Å²) in [5, 5.41) is 9.91. The first-order valence-electron chi connectivity index (χ1n) is 8.03. The normalized spacial score (nSPS) is 14.7. The lowest BCUT2D eigenvalue weighted by Crippen LogP contribution is -2.31. The second-order valence-electron chi connectivity index (χ2n) is 5.97. The first-order valence-corrected chi connectivity index (χ1v) is 9.35. The topological polar surface area (TPSA) is 40.9 Å². The van der Waals surface area contributed by atoms with Crippen LogP contribution in [0.15, 0.2) is 59.5 Å². The van der Waals surface area contributed by atoms with E-state index in [1.165, 1.54) is 0 Å². The monoisotopic (exact) mass is 325 g/mol. The molecule has 2 atom stereocenters. The van der Waals surface area contributed by atoms with Crippen LogP contribution in [-0.2, 0) is 16.2 Å². The van der Waals surface area contributed by atoms with Gasteiger partial charge < -0.3 is 0 Å². The van der Waals surface area contributed by atoms with Gasteiger partial charge in [0.15, 0.2) is 0 Å². The van der Waals surface area contributed by atoms with Gasteiger partial charge in [-0.15, -0.1) is 0 Å². The van der Waals surface area contributed by atoms with E-state index in [1.54, 1.807) is 0 Å². The van der Waals surface area contributed by atoms with Crippen molar-refractivity contribution in [2.75, 3.05) is 5.75 Å². The van der Waals surface area contributed by atoms with Crippen LogP contribution in [0.5, 0.6) is 0 Å². The van der Waals surface area contributed by atoms with Gasteiger partial charge in [-0.3, -0.25) is 4.21 Å². The van der Waals surface area contributed by atoms with Crippen molar-refractivity contribution < 1.29 is 4.21 Å². The molecule has 0 heterocycles. The zero-order valence-corrected chi connectivity index (χ0v) is 14.6. The van der Waals surface area contributed by atoms with Crippen LogP contribution in [0, 0.1) is 18.3 Å². The van der Waals surface area contributed by atoms with Crippen LogP contribution in [0.2, 0.25) is 0 Å². The molecule has 0 saturated heterocycles. The van der Waals surface area contributed by atoms with Crippen molar-refractivity contribution in [3.63, 3.8) is 0 Å². The van der Waals surface area contributed by atoms with Crippen LogP contribution >= 0.6 is 0 Å². The number of hydrogen-bond acceptors (Lipinski definition) is 2. The Bertz CT molecular complexity index is 688. The van der Waals surface area contributed by atoms with Crippen molar-refractivity contribution in [2.24, 2.45) is 0 Å². The zero-order chi connectivity index (χ0) is 16.7. The van der Waals surface area contributed by atoms with Gasteiger partial charge in [0.1, 0.15) is 0 Å². The Balaban J connectivity index is 2.32. The van der Waals surface area contributed by atoms with E-state index in [9.17, 15) is 9.47 Å². The van der Waals surface area contributed by atoms with E-state index in [0.717, 1.165) is 35.3 Å². The molecule has 2 aromatic carbocycles. The fraction of sp³-hybridized carbons (Fsp3) is 0.350. The predicted molar refractivity (Wildman–Crippen MR) is 95.7 cm³/mol. The highest BCUT2D eigenvalue weighted by molar-refractivity contribution is 7.85. The van der Waals surface area contributed by atoms with Gasteiger partial charge in [0.2, 0.25) is 0 Å². The molecule has 2 aromatic rings. The van der Waals surface area contributed by atoms with E-state index < -0.39 is 16.2 Å². The molecule has 3 heteroatoms. The van der Waals surface area contributed by atoms with E-state index in [0.29, 0.717) is 5.75 Å². The third kappa shape index (κ3) is 4.30. The summed E-state index contributed by atoms with van der Waals surface area (Å²) >= 11 is 0. The first-order chi connectivity index (χ1) is 11.1. The number of unbranched alkanes of at least 4 members (excludes halogenated alkanes) is 1. The van der Waals surface area contributed by atoms with Crippen LogP contribution in [0.1, 0.15) is 37.3 Å². The fourth-order valence-electron chi connectivity index (χ4n) is 2.69. The molecule has 0 bridgehead atoms. The number of benzene rings is 2. The minimum absolute atomic E-state index is 0.344. The van der Waals surface area contributed by atoms with Crippen LogP contribution in [0.3, 0.4) is 0 Å². The number of nitriles is 1. The number of aryl methyl sites for hydroxylation is 1. The van der Waals surface area contributed by atoms with Crippen molar-refractivity contribution >= 4 is 10.8 Å². The molecule has 0 spiro atoms. The van der Waals surface area contributed by atoms with E-state index >= 15 is 0 Å². The quantitative estimate of drug-likeness (QED) is 0.737. The summed E-state index contributed by atoms with van der Waals surface area (Å²) in [4.78, 5) is 0.794. The van der Waals surface area contributed by atoms with Crippen molar-refractivity contribution in [3.8, 4) is 6.07 Å². The Morgan fingerprint density at radius 2 is 1.74 bits per heavy atom. The molecule has 0 N–H and O–H groups in total. The lowest BCUT2D eigenvalue weighted by Gasteiger charge is -2.26. The number of rotatable bonds is 7. The second-order valence-corrected chi connectivity index (χ2v) is 7.42. The maximum absolute atomic E-state index is 12.8. The minimum Gasteiger partial charge on any atom is -0.254 e. The van der Waals surface area contributed by atoms with Gasteiger partial charge in [0, 0.05) is 4.90 Å². The van der Waals surface area contributed by atoms with Gasteiger partial charge in [0.05, 0.1) is 28.0 Å². The van der Waals surface area contributed by atoms with Gasteiger partial charge >= 0.3 is 0 Å². The molecule has 0 aliphatic heterocycles. The molecule has 0 saturated carbocycles. The maximum Gasteiger partial charge on any atom is 0.0940 e. The van der Waals surface area contributed by atoms with Gasteiger partial charge in [-0.1, -0.05) is 67.8 Å². The fourth-order valence-corrected chi connectivity index (χ4v) is 4.11. The Morgan fingerprint density at radius 1 is 1.09 bits per heavy atom. The van der Waals surface area contributed by atoms with Crippen molar-refractivity contribution in [2.45, 2.75) is 43.4 Å². The summed E-state index contributed by atoms with van der Waals surface area (Å²) < 4.78 is 12.8. The predicted octanol–water partition coefficient (Wildman–Crippen LogP) is 4.75. The standard InChI is InChI=1S/C20H23NOS/c1-3-4-14-20(15-21,18-8-6-5-7-9-18)16-23(22)19-12-10-17(2)11-13-19/h5-13H,3-4,14,16H2,1-2H3/t20-,23+/m0/s1. The SMILES string of the molecule is CCCC[C@](C#N)(C[S@@](=O)c1ccc(C)cc1)c1ccccc1. The summed E-state index contributed by atoms with van der Waals surface area (Å²) in [6, 6.07) is 20.0. The molecule has 2 rings (SSSR count). The van der Waals surface area contributed by atoms with E-state index in [1.807, 2.05) is 61.5 Å². The van der Waals surface area contributed by atoms with E-state index in [4.69, 9.17) is 0 Å². The van der Waals surface area contributed by atoms with Crippen LogP contribution in [0.4, 0.5) is 0 Å². The molecule has 0 aromatic heterocycles. The number of hydrogen-bond donors (Lipinski definition) is 0. The average Bonchev–Trinajstić information content (AvgIpc) is 2.60. The van der Waals surface area contributed by atoms with Crippen LogP contribution < -0.4 is 0 Å². The summed E-state index contributed by atoms with van der Waals surface area (Å²) in [6.45, 7) is 4.13. The molecule has 2 nitrogen and oxygen atoms in total. The molecule has 0 unspecified atom stereocenters. The summed E-state index contributed by atoms with van der Waals surface area (Å²) in [5.74, 6) is 0.344. The van der Waals surface area contributed by atoms with Gasteiger partial charge in [-0.2, -0.15) is 5.26 Å². The maximum atomic E-state index is 12.8. The molecular formula is C20H23NOS. The lowest BCUT2D eigenvalue weighted by molar-refractivity contribution is 0.523. The van der Waals surface area contributed by atoms with Gasteiger partial charge in [-0.25, -0.2) is 0 Å². The summed E-state index contributed by atoms with van der Waals surface area (Å²) in [7, 11) is -1.19. The Labute approximate surface area is 141 Å². The highest BCUT2D eigenvalue weighted by Crippen LogP contribution is 2.32. The third-order valence-corrected chi connectivity index (χ3v) is 5.71. The van der Waals surface area contributed by atoms with Crippen molar-refractivity contribution in [1.82, 2.24) is 0 Å². The lowest BCUT2D eigenvalue weighted by atomic mass is 9.79. The molecule has 0 aliphatic rings. The minimum atomic E-state index is -1.19. The molecule has 23 heavy (non-hydrogen) atoms. The summed E-state index contributed by atoms with van der Waals surface area (Å²) in [5.41, 5.74) is 1.43.